The van der Waals surface area contributed by atoms with Crippen molar-refractivity contribution in [3.05, 3.63) is 71.8 Å². The van der Waals surface area contributed by atoms with Crippen molar-refractivity contribution in [3.63, 3.8) is 0 Å². The van der Waals surface area contributed by atoms with Gasteiger partial charge >= 0.3 is 23.9 Å². The van der Waals surface area contributed by atoms with E-state index >= 15 is 0 Å². The molecule has 9 nitrogen and oxygen atoms in total. The van der Waals surface area contributed by atoms with Gasteiger partial charge in [0.15, 0.2) is 5.92 Å². The first-order valence-corrected chi connectivity index (χ1v) is 8.85. The fraction of sp³-hybridized carbons (Fsp3) is 0.0909. The number of carboxylic acid groups (broad SMARTS) is 4. The van der Waals surface area contributed by atoms with Crippen LogP contribution in [0.4, 0.5) is 0 Å². The van der Waals surface area contributed by atoms with E-state index in [-0.39, 0.29) is 22.6 Å². The van der Waals surface area contributed by atoms with Gasteiger partial charge in [-0.3, -0.25) is 9.59 Å². The van der Waals surface area contributed by atoms with Gasteiger partial charge in [-0.05, 0) is 6.92 Å². The Hall–Kier alpha value is -4.40. The van der Waals surface area contributed by atoms with E-state index in [9.17, 15) is 29.4 Å². The molecule has 3 rings (SSSR count). The molecule has 160 valence electrons. The lowest BCUT2D eigenvalue weighted by Crippen LogP contribution is -2.19. The number of carboxylic acids is 4. The Morgan fingerprint density at radius 3 is 1.19 bits per heavy atom. The summed E-state index contributed by atoms with van der Waals surface area (Å²) < 4.78 is 5.68. The molecular formula is C22H18O9. The van der Waals surface area contributed by atoms with Crippen LogP contribution in [0.2, 0.25) is 0 Å². The highest BCUT2D eigenvalue weighted by atomic mass is 16.4. The van der Waals surface area contributed by atoms with Crippen LogP contribution >= 0.6 is 0 Å². The zero-order chi connectivity index (χ0) is 23.1. The van der Waals surface area contributed by atoms with Crippen molar-refractivity contribution < 1.29 is 44.0 Å². The number of benzene rings is 2. The van der Waals surface area contributed by atoms with Crippen molar-refractivity contribution in [2.75, 3.05) is 0 Å². The van der Waals surface area contributed by atoms with E-state index in [0.29, 0.717) is 11.1 Å². The maximum Gasteiger partial charge on any atom is 0.340 e. The van der Waals surface area contributed by atoms with E-state index in [1.165, 1.54) is 0 Å². The number of hydrogen-bond donors (Lipinski definition) is 4. The van der Waals surface area contributed by atoms with Gasteiger partial charge in [0.2, 0.25) is 0 Å². The SMILES string of the molecule is CC(C(=O)O)C(=O)O.O=C(O)c1c(-c2ccccc2)oc(-c2ccccc2)c1C(=O)O. The number of hydrogen-bond acceptors (Lipinski definition) is 5. The van der Waals surface area contributed by atoms with Crippen LogP contribution in [-0.4, -0.2) is 44.3 Å². The number of rotatable bonds is 6. The molecule has 0 saturated heterocycles. The molecule has 0 bridgehead atoms. The summed E-state index contributed by atoms with van der Waals surface area (Å²) in [7, 11) is 0. The van der Waals surface area contributed by atoms with E-state index < -0.39 is 29.8 Å². The maximum absolute atomic E-state index is 11.6. The van der Waals surface area contributed by atoms with Crippen LogP contribution in [0.15, 0.2) is 65.1 Å². The molecule has 0 amide bonds. The van der Waals surface area contributed by atoms with Crippen LogP contribution in [0, 0.1) is 5.92 Å². The first kappa shape index (κ1) is 22.9. The first-order chi connectivity index (χ1) is 14.6. The third kappa shape index (κ3) is 5.36. The smallest absolute Gasteiger partial charge is 0.340 e. The van der Waals surface area contributed by atoms with E-state index in [2.05, 4.69) is 0 Å². The molecule has 2 aromatic carbocycles. The Morgan fingerprint density at radius 2 is 0.968 bits per heavy atom. The lowest BCUT2D eigenvalue weighted by atomic mass is 10.0. The summed E-state index contributed by atoms with van der Waals surface area (Å²) in [4.78, 5) is 42.8. The Kier molecular flexibility index (Phi) is 7.29. The molecule has 0 saturated carbocycles. The van der Waals surface area contributed by atoms with Crippen LogP contribution in [0.5, 0.6) is 0 Å². The lowest BCUT2D eigenvalue weighted by molar-refractivity contribution is -0.153. The van der Waals surface area contributed by atoms with Crippen LogP contribution in [0.3, 0.4) is 0 Å². The average molecular weight is 426 g/mol. The second-order valence-electron chi connectivity index (χ2n) is 6.25. The molecule has 0 unspecified atom stereocenters. The minimum atomic E-state index is -1.34. The minimum Gasteiger partial charge on any atom is -0.481 e. The summed E-state index contributed by atoms with van der Waals surface area (Å²) in [5.41, 5.74) is 0.328. The van der Waals surface area contributed by atoms with Gasteiger partial charge in [0, 0.05) is 11.1 Å². The summed E-state index contributed by atoms with van der Waals surface area (Å²) in [6.45, 7) is 1.12. The molecule has 0 radical (unpaired) electrons. The van der Waals surface area contributed by atoms with Gasteiger partial charge in [-0.2, -0.15) is 0 Å². The van der Waals surface area contributed by atoms with Gasteiger partial charge < -0.3 is 24.8 Å². The van der Waals surface area contributed by atoms with Gasteiger partial charge in [0.05, 0.1) is 0 Å². The highest BCUT2D eigenvalue weighted by molar-refractivity contribution is 6.09. The number of aliphatic carboxylic acids is 2. The predicted octanol–water partition coefficient (Wildman–Crippen LogP) is 3.80. The zero-order valence-corrected chi connectivity index (χ0v) is 16.2. The molecule has 0 fully saturated rings. The van der Waals surface area contributed by atoms with Gasteiger partial charge in [-0.25, -0.2) is 9.59 Å². The maximum atomic E-state index is 11.6. The van der Waals surface area contributed by atoms with Crippen molar-refractivity contribution in [3.8, 4) is 22.6 Å². The summed E-state index contributed by atoms with van der Waals surface area (Å²) >= 11 is 0. The summed E-state index contributed by atoms with van der Waals surface area (Å²) in [6, 6.07) is 17.2. The molecule has 4 N–H and O–H groups in total. The second-order valence-corrected chi connectivity index (χ2v) is 6.25. The third-order valence-electron chi connectivity index (χ3n) is 4.15. The molecule has 0 aliphatic heterocycles. The molecule has 0 spiro atoms. The summed E-state index contributed by atoms with van der Waals surface area (Å²) in [6.07, 6.45) is 0. The molecule has 1 heterocycles. The average Bonchev–Trinajstić information content (AvgIpc) is 3.16. The molecule has 0 atom stereocenters. The minimum absolute atomic E-state index is 0.0364. The fourth-order valence-electron chi connectivity index (χ4n) is 2.53. The number of furan rings is 1. The topological polar surface area (TPSA) is 162 Å². The van der Waals surface area contributed by atoms with Crippen molar-refractivity contribution in [1.82, 2.24) is 0 Å². The lowest BCUT2D eigenvalue weighted by Gasteiger charge is -1.98. The zero-order valence-electron chi connectivity index (χ0n) is 16.2. The summed E-state index contributed by atoms with van der Waals surface area (Å²) in [5, 5.41) is 34.9. The van der Waals surface area contributed by atoms with Crippen LogP contribution in [0.1, 0.15) is 27.6 Å². The summed E-state index contributed by atoms with van der Waals surface area (Å²) in [5.74, 6) is -6.52. The Bertz CT molecular complexity index is 1010. The molecule has 9 heteroatoms. The van der Waals surface area contributed by atoms with E-state index in [1.807, 2.05) is 0 Å². The largest absolute Gasteiger partial charge is 0.481 e. The van der Waals surface area contributed by atoms with Gasteiger partial charge in [-0.15, -0.1) is 0 Å². The first-order valence-electron chi connectivity index (χ1n) is 8.85. The Balaban J connectivity index is 0.000000366. The van der Waals surface area contributed by atoms with Crippen molar-refractivity contribution in [2.45, 2.75) is 6.92 Å². The quantitative estimate of drug-likeness (QED) is 0.429. The molecule has 1 aromatic heterocycles. The Morgan fingerprint density at radius 1 is 0.645 bits per heavy atom. The van der Waals surface area contributed by atoms with Crippen molar-refractivity contribution >= 4 is 23.9 Å². The third-order valence-corrected chi connectivity index (χ3v) is 4.15. The Labute approximate surface area is 175 Å². The van der Waals surface area contributed by atoms with Crippen LogP contribution in [-0.2, 0) is 9.59 Å². The van der Waals surface area contributed by atoms with Crippen LogP contribution in [0.25, 0.3) is 22.6 Å². The van der Waals surface area contributed by atoms with Gasteiger partial charge in [-0.1, -0.05) is 60.7 Å². The number of aromatic carboxylic acids is 2. The highest BCUT2D eigenvalue weighted by Crippen LogP contribution is 2.37. The van der Waals surface area contributed by atoms with Crippen LogP contribution < -0.4 is 0 Å². The van der Waals surface area contributed by atoms with E-state index in [4.69, 9.17) is 14.6 Å². The standard InChI is InChI=1S/C18H12O5.C4H6O4/c19-17(20)13-14(18(21)22)16(12-9-5-2-6-10-12)23-15(13)11-7-3-1-4-8-11;1-2(3(5)6)4(7)8/h1-10H,(H,19,20)(H,21,22);2H,1H3,(H,5,6)(H,7,8). The molecule has 31 heavy (non-hydrogen) atoms. The fourth-order valence-corrected chi connectivity index (χ4v) is 2.53. The molecule has 0 aliphatic carbocycles. The van der Waals surface area contributed by atoms with E-state index in [1.54, 1.807) is 60.7 Å². The second kappa shape index (κ2) is 9.88. The molecule has 3 aromatic rings. The van der Waals surface area contributed by atoms with Gasteiger partial charge in [0.1, 0.15) is 22.6 Å². The van der Waals surface area contributed by atoms with Crippen molar-refractivity contribution in [1.29, 1.82) is 0 Å². The molecule has 0 aliphatic rings. The molecular weight excluding hydrogens is 408 g/mol. The monoisotopic (exact) mass is 426 g/mol. The van der Waals surface area contributed by atoms with Gasteiger partial charge in [0.25, 0.3) is 0 Å². The predicted molar refractivity (Wildman–Crippen MR) is 108 cm³/mol. The number of carbonyl (C=O) groups is 4. The van der Waals surface area contributed by atoms with Crippen molar-refractivity contribution in [2.24, 2.45) is 5.92 Å². The normalized spacial score (nSPS) is 10.1. The van der Waals surface area contributed by atoms with E-state index in [0.717, 1.165) is 6.92 Å². The highest BCUT2D eigenvalue weighted by Gasteiger charge is 2.31.